The quantitative estimate of drug-likeness (QED) is 0.840. The monoisotopic (exact) mass is 322 g/mol. The van der Waals surface area contributed by atoms with Crippen molar-refractivity contribution < 1.29 is 19.1 Å². The van der Waals surface area contributed by atoms with Crippen LogP contribution in [-0.4, -0.2) is 41.5 Å². The molecule has 1 aromatic rings. The average Bonchev–Trinajstić information content (AvgIpc) is 2.54. The molecule has 1 amide bonds. The van der Waals surface area contributed by atoms with E-state index in [2.05, 4.69) is 10.2 Å². The third-order valence-corrected chi connectivity index (χ3v) is 4.30. The Hall–Kier alpha value is -1.95. The van der Waals surface area contributed by atoms with Gasteiger partial charge in [-0.1, -0.05) is 12.1 Å². The second kappa shape index (κ2) is 8.06. The van der Waals surface area contributed by atoms with Gasteiger partial charge in [0.25, 0.3) is 0 Å². The zero-order valence-corrected chi connectivity index (χ0v) is 13.3. The topological polar surface area (TPSA) is 69.6 Å². The normalized spacial score (nSPS) is 16.3. The fourth-order valence-electron chi connectivity index (χ4n) is 2.75. The van der Waals surface area contributed by atoms with Crippen LogP contribution in [0.15, 0.2) is 18.2 Å². The van der Waals surface area contributed by atoms with Crippen LogP contribution in [0.4, 0.5) is 4.39 Å². The number of benzene rings is 1. The first kappa shape index (κ1) is 17.4. The van der Waals surface area contributed by atoms with Crippen molar-refractivity contribution in [3.05, 3.63) is 35.1 Å². The molecule has 5 nitrogen and oxygen atoms in total. The predicted molar refractivity (Wildman–Crippen MR) is 84.4 cm³/mol. The van der Waals surface area contributed by atoms with Gasteiger partial charge in [-0.3, -0.25) is 9.59 Å². The van der Waals surface area contributed by atoms with Crippen LogP contribution in [0.5, 0.6) is 0 Å². The van der Waals surface area contributed by atoms with Gasteiger partial charge in [-0.15, -0.1) is 0 Å². The first-order valence-corrected chi connectivity index (χ1v) is 7.92. The maximum Gasteiger partial charge on any atom is 0.304 e. The van der Waals surface area contributed by atoms with E-state index in [1.165, 1.54) is 6.07 Å². The van der Waals surface area contributed by atoms with Crippen LogP contribution in [0.25, 0.3) is 0 Å². The van der Waals surface area contributed by atoms with E-state index in [0.717, 1.165) is 31.5 Å². The summed E-state index contributed by atoms with van der Waals surface area (Å²) in [5.74, 6) is -1.12. The summed E-state index contributed by atoms with van der Waals surface area (Å²) in [6.07, 6.45) is 1.59. The number of carbonyl (C=O) groups is 2. The minimum atomic E-state index is -0.796. The Kier molecular flexibility index (Phi) is 6.10. The highest BCUT2D eigenvalue weighted by Gasteiger charge is 2.24. The average molecular weight is 322 g/mol. The Labute approximate surface area is 135 Å². The molecule has 0 aliphatic carbocycles. The number of aliphatic carboxylic acids is 1. The van der Waals surface area contributed by atoms with Crippen molar-refractivity contribution in [3.63, 3.8) is 0 Å². The highest BCUT2D eigenvalue weighted by molar-refractivity contribution is 5.78. The molecule has 1 aliphatic heterocycles. The van der Waals surface area contributed by atoms with Crippen LogP contribution < -0.4 is 5.32 Å². The first-order chi connectivity index (χ1) is 11.0. The van der Waals surface area contributed by atoms with E-state index in [1.54, 1.807) is 13.0 Å². The first-order valence-electron chi connectivity index (χ1n) is 7.92. The minimum absolute atomic E-state index is 0.0103. The van der Waals surface area contributed by atoms with Gasteiger partial charge in [0.2, 0.25) is 5.91 Å². The SMILES string of the molecule is Cc1ccc(CNC(=O)C2CCN(CCC(=O)O)CC2)cc1F. The Morgan fingerprint density at radius 1 is 1.35 bits per heavy atom. The molecule has 2 N–H and O–H groups in total. The Morgan fingerprint density at radius 2 is 2.04 bits per heavy atom. The van der Waals surface area contributed by atoms with E-state index < -0.39 is 5.97 Å². The van der Waals surface area contributed by atoms with Gasteiger partial charge in [0.05, 0.1) is 6.42 Å². The third-order valence-electron chi connectivity index (χ3n) is 4.30. The third kappa shape index (κ3) is 5.32. The van der Waals surface area contributed by atoms with Crippen molar-refractivity contribution in [2.75, 3.05) is 19.6 Å². The van der Waals surface area contributed by atoms with E-state index >= 15 is 0 Å². The maximum atomic E-state index is 13.5. The van der Waals surface area contributed by atoms with Crippen molar-refractivity contribution in [2.45, 2.75) is 32.7 Å². The molecule has 0 saturated carbocycles. The van der Waals surface area contributed by atoms with Gasteiger partial charge in [0.1, 0.15) is 5.82 Å². The molecule has 126 valence electrons. The number of carboxylic acid groups (broad SMARTS) is 1. The van der Waals surface area contributed by atoms with E-state index in [-0.39, 0.29) is 24.1 Å². The lowest BCUT2D eigenvalue weighted by Gasteiger charge is -2.30. The lowest BCUT2D eigenvalue weighted by molar-refractivity contribution is -0.137. The molecule has 2 rings (SSSR count). The van der Waals surface area contributed by atoms with Gasteiger partial charge in [-0.2, -0.15) is 0 Å². The van der Waals surface area contributed by atoms with Gasteiger partial charge < -0.3 is 15.3 Å². The summed E-state index contributed by atoms with van der Waals surface area (Å²) in [5.41, 5.74) is 1.34. The fourth-order valence-corrected chi connectivity index (χ4v) is 2.75. The molecule has 1 saturated heterocycles. The summed E-state index contributed by atoms with van der Waals surface area (Å²) >= 11 is 0. The number of hydrogen-bond acceptors (Lipinski definition) is 3. The largest absolute Gasteiger partial charge is 0.481 e. The number of amides is 1. The smallest absolute Gasteiger partial charge is 0.304 e. The van der Waals surface area contributed by atoms with Gasteiger partial charge >= 0.3 is 5.97 Å². The highest BCUT2D eigenvalue weighted by atomic mass is 19.1. The minimum Gasteiger partial charge on any atom is -0.481 e. The molecule has 0 unspecified atom stereocenters. The van der Waals surface area contributed by atoms with Crippen molar-refractivity contribution in [3.8, 4) is 0 Å². The molecule has 0 aromatic heterocycles. The van der Waals surface area contributed by atoms with Crippen molar-refractivity contribution in [1.82, 2.24) is 10.2 Å². The number of rotatable bonds is 6. The molecular weight excluding hydrogens is 299 g/mol. The molecule has 1 heterocycles. The highest BCUT2D eigenvalue weighted by Crippen LogP contribution is 2.18. The number of halogens is 1. The number of nitrogens with one attached hydrogen (secondary N) is 1. The Balaban J connectivity index is 1.74. The molecule has 23 heavy (non-hydrogen) atoms. The zero-order valence-electron chi connectivity index (χ0n) is 13.3. The number of piperidine rings is 1. The second-order valence-corrected chi connectivity index (χ2v) is 6.06. The molecule has 0 atom stereocenters. The van der Waals surface area contributed by atoms with Crippen molar-refractivity contribution >= 4 is 11.9 Å². The summed E-state index contributed by atoms with van der Waals surface area (Å²) < 4.78 is 13.5. The van der Waals surface area contributed by atoms with E-state index in [4.69, 9.17) is 5.11 Å². The second-order valence-electron chi connectivity index (χ2n) is 6.06. The van der Waals surface area contributed by atoms with E-state index in [9.17, 15) is 14.0 Å². The summed E-state index contributed by atoms with van der Waals surface area (Å²) in [4.78, 5) is 24.8. The van der Waals surface area contributed by atoms with Crippen LogP contribution in [0.2, 0.25) is 0 Å². The lowest BCUT2D eigenvalue weighted by Crippen LogP contribution is -2.41. The van der Waals surface area contributed by atoms with Gasteiger partial charge in [-0.25, -0.2) is 4.39 Å². The zero-order chi connectivity index (χ0) is 16.8. The number of aryl methyl sites for hydroxylation is 1. The summed E-state index contributed by atoms with van der Waals surface area (Å²) in [7, 11) is 0. The van der Waals surface area contributed by atoms with Crippen LogP contribution in [0.1, 0.15) is 30.4 Å². The summed E-state index contributed by atoms with van der Waals surface area (Å²) in [6.45, 7) is 4.05. The molecule has 0 bridgehead atoms. The molecular formula is C17H23FN2O3. The van der Waals surface area contributed by atoms with Crippen LogP contribution in [0, 0.1) is 18.7 Å². The Morgan fingerprint density at radius 3 is 2.65 bits per heavy atom. The number of hydrogen-bond donors (Lipinski definition) is 2. The predicted octanol–water partition coefficient (Wildman–Crippen LogP) is 1.94. The van der Waals surface area contributed by atoms with Crippen LogP contribution in [0.3, 0.4) is 0 Å². The molecule has 0 radical (unpaired) electrons. The number of carbonyl (C=O) groups excluding carboxylic acids is 1. The molecule has 1 aromatic carbocycles. The van der Waals surface area contributed by atoms with Gasteiger partial charge in [0.15, 0.2) is 0 Å². The van der Waals surface area contributed by atoms with Gasteiger partial charge in [-0.05, 0) is 50.0 Å². The number of nitrogens with zero attached hydrogens (tertiary/aromatic N) is 1. The summed E-state index contributed by atoms with van der Waals surface area (Å²) in [6, 6.07) is 4.97. The lowest BCUT2D eigenvalue weighted by atomic mass is 9.95. The van der Waals surface area contributed by atoms with Crippen molar-refractivity contribution in [1.29, 1.82) is 0 Å². The van der Waals surface area contributed by atoms with Crippen LogP contribution in [-0.2, 0) is 16.1 Å². The molecule has 0 spiro atoms. The van der Waals surface area contributed by atoms with E-state index in [0.29, 0.717) is 18.7 Å². The maximum absolute atomic E-state index is 13.5. The van der Waals surface area contributed by atoms with Crippen LogP contribution >= 0.6 is 0 Å². The van der Waals surface area contributed by atoms with Gasteiger partial charge in [0, 0.05) is 19.0 Å². The molecule has 1 fully saturated rings. The molecule has 6 heteroatoms. The van der Waals surface area contributed by atoms with E-state index in [1.807, 2.05) is 6.07 Å². The Bertz CT molecular complexity index is 569. The summed E-state index contributed by atoms with van der Waals surface area (Å²) in [5, 5.41) is 11.5. The number of carboxylic acids is 1. The fraction of sp³-hybridized carbons (Fsp3) is 0.529. The van der Waals surface area contributed by atoms with Crippen molar-refractivity contribution in [2.24, 2.45) is 5.92 Å². The standard InChI is InChI=1S/C17H23FN2O3/c1-12-2-3-13(10-15(12)18)11-19-17(23)14-4-7-20(8-5-14)9-6-16(21)22/h2-3,10,14H,4-9,11H2,1H3,(H,19,23)(H,21,22). The number of likely N-dealkylation sites (tertiary alicyclic amines) is 1. The molecule has 1 aliphatic rings.